The minimum absolute atomic E-state index is 0.0511. The number of fused-ring (bicyclic) bond motifs is 1. The van der Waals surface area contributed by atoms with Crippen LogP contribution >= 0.6 is 0 Å². The lowest BCUT2D eigenvalue weighted by Crippen LogP contribution is -2.16. The number of esters is 1. The lowest BCUT2D eigenvalue weighted by Gasteiger charge is -2.14. The normalized spacial score (nSPS) is 11.9. The van der Waals surface area contributed by atoms with Crippen molar-refractivity contribution in [2.24, 2.45) is 0 Å². The van der Waals surface area contributed by atoms with Gasteiger partial charge in [-0.15, -0.1) is 0 Å². The van der Waals surface area contributed by atoms with Gasteiger partial charge in [0.15, 0.2) is 0 Å². The molecule has 0 fully saturated rings. The van der Waals surface area contributed by atoms with E-state index in [0.717, 1.165) is 10.8 Å². The molecule has 2 rings (SSSR count). The van der Waals surface area contributed by atoms with E-state index in [1.807, 2.05) is 42.5 Å². The van der Waals surface area contributed by atoms with E-state index in [-0.39, 0.29) is 13.0 Å². The van der Waals surface area contributed by atoms with Gasteiger partial charge in [0.05, 0.1) is 12.5 Å². The average Bonchev–Trinajstić information content (AvgIpc) is 2.50. The summed E-state index contributed by atoms with van der Waals surface area (Å²) in [5, 5.41) is 11.5. The predicted molar refractivity (Wildman–Crippen MR) is 84.7 cm³/mol. The summed E-state index contributed by atoms with van der Waals surface area (Å²) in [6.45, 7) is 5.10. The largest absolute Gasteiger partial charge is 0.481 e. The summed E-state index contributed by atoms with van der Waals surface area (Å²) in [4.78, 5) is 22.8. The molecule has 1 N–H and O–H groups in total. The standard InChI is InChI=1S/C18H18O4/c1-12(2)18(21)22-10-9-16(17(19)20)15-8-7-13-5-3-4-6-14(13)11-15/h3-8,11,16H,1,9-10H2,2H3,(H,19,20). The quantitative estimate of drug-likeness (QED) is 0.654. The van der Waals surface area contributed by atoms with E-state index in [4.69, 9.17) is 4.74 Å². The number of rotatable bonds is 6. The van der Waals surface area contributed by atoms with Crippen molar-refractivity contribution in [1.82, 2.24) is 0 Å². The van der Waals surface area contributed by atoms with E-state index in [1.54, 1.807) is 6.92 Å². The maximum absolute atomic E-state index is 11.5. The maximum atomic E-state index is 11.5. The predicted octanol–water partition coefficient (Wildman–Crippen LogP) is 3.52. The molecular weight excluding hydrogens is 280 g/mol. The van der Waals surface area contributed by atoms with E-state index in [1.165, 1.54) is 0 Å². The van der Waals surface area contributed by atoms with Crippen LogP contribution in [-0.2, 0) is 14.3 Å². The molecule has 1 unspecified atom stereocenters. The van der Waals surface area contributed by atoms with Crippen LogP contribution in [0, 0.1) is 0 Å². The van der Waals surface area contributed by atoms with E-state index in [2.05, 4.69) is 6.58 Å². The highest BCUT2D eigenvalue weighted by Crippen LogP contribution is 2.24. The molecule has 0 bridgehead atoms. The third-order valence-electron chi connectivity index (χ3n) is 3.46. The van der Waals surface area contributed by atoms with E-state index >= 15 is 0 Å². The van der Waals surface area contributed by atoms with Gasteiger partial charge in [-0.3, -0.25) is 4.79 Å². The second kappa shape index (κ2) is 6.89. The first-order valence-corrected chi connectivity index (χ1v) is 7.03. The van der Waals surface area contributed by atoms with Crippen molar-refractivity contribution in [2.45, 2.75) is 19.3 Å². The van der Waals surface area contributed by atoms with Gasteiger partial charge < -0.3 is 9.84 Å². The zero-order valence-corrected chi connectivity index (χ0v) is 12.4. The Hall–Kier alpha value is -2.62. The Kier molecular flexibility index (Phi) is 4.94. The number of carboxylic acids is 1. The van der Waals surface area contributed by atoms with Gasteiger partial charge in [-0.25, -0.2) is 4.79 Å². The molecule has 4 heteroatoms. The van der Waals surface area contributed by atoms with Crippen LogP contribution in [0.15, 0.2) is 54.6 Å². The first-order valence-electron chi connectivity index (χ1n) is 7.03. The van der Waals surface area contributed by atoms with Crippen molar-refractivity contribution in [2.75, 3.05) is 6.61 Å². The smallest absolute Gasteiger partial charge is 0.333 e. The summed E-state index contributed by atoms with van der Waals surface area (Å²) in [5.74, 6) is -2.13. The number of carbonyl (C=O) groups is 2. The minimum atomic E-state index is -0.929. The monoisotopic (exact) mass is 298 g/mol. The van der Waals surface area contributed by atoms with Crippen LogP contribution in [0.5, 0.6) is 0 Å². The van der Waals surface area contributed by atoms with Crippen molar-refractivity contribution < 1.29 is 19.4 Å². The van der Waals surface area contributed by atoms with E-state index < -0.39 is 17.9 Å². The molecule has 4 nitrogen and oxygen atoms in total. The molecule has 114 valence electrons. The fourth-order valence-electron chi connectivity index (χ4n) is 2.25. The third-order valence-corrected chi connectivity index (χ3v) is 3.46. The second-order valence-corrected chi connectivity index (χ2v) is 5.20. The summed E-state index contributed by atoms with van der Waals surface area (Å²) in [6.07, 6.45) is 0.229. The van der Waals surface area contributed by atoms with Gasteiger partial charge in [0, 0.05) is 5.57 Å². The number of ether oxygens (including phenoxy) is 1. The summed E-state index contributed by atoms with van der Waals surface area (Å²) in [5.41, 5.74) is 1.01. The molecular formula is C18H18O4. The molecule has 0 saturated heterocycles. The van der Waals surface area contributed by atoms with Gasteiger partial charge in [0.2, 0.25) is 0 Å². The van der Waals surface area contributed by atoms with Gasteiger partial charge in [-0.05, 0) is 29.7 Å². The molecule has 0 amide bonds. The molecule has 0 heterocycles. The van der Waals surface area contributed by atoms with Crippen LogP contribution in [0.4, 0.5) is 0 Å². The lowest BCUT2D eigenvalue weighted by molar-refractivity contribution is -0.143. The van der Waals surface area contributed by atoms with Crippen molar-refractivity contribution in [3.8, 4) is 0 Å². The SMILES string of the molecule is C=C(C)C(=O)OCCC(C(=O)O)c1ccc2ccccc2c1. The average molecular weight is 298 g/mol. The Labute approximate surface area is 129 Å². The van der Waals surface area contributed by atoms with Crippen molar-refractivity contribution >= 4 is 22.7 Å². The Bertz CT molecular complexity index is 718. The summed E-state index contributed by atoms with van der Waals surface area (Å²) >= 11 is 0. The Morgan fingerprint density at radius 1 is 1.18 bits per heavy atom. The highest BCUT2D eigenvalue weighted by molar-refractivity contribution is 5.87. The van der Waals surface area contributed by atoms with Crippen molar-refractivity contribution in [3.05, 3.63) is 60.2 Å². The molecule has 22 heavy (non-hydrogen) atoms. The minimum Gasteiger partial charge on any atom is -0.481 e. The Morgan fingerprint density at radius 3 is 2.50 bits per heavy atom. The Morgan fingerprint density at radius 2 is 1.86 bits per heavy atom. The first-order chi connectivity index (χ1) is 10.5. The molecule has 1 atom stereocenters. The molecule has 0 aromatic heterocycles. The second-order valence-electron chi connectivity index (χ2n) is 5.20. The molecule has 0 aliphatic heterocycles. The van der Waals surface area contributed by atoms with Gasteiger partial charge in [-0.1, -0.05) is 49.0 Å². The number of hydrogen-bond acceptors (Lipinski definition) is 3. The fourth-order valence-corrected chi connectivity index (χ4v) is 2.25. The zero-order valence-electron chi connectivity index (χ0n) is 12.4. The fraction of sp³-hybridized carbons (Fsp3) is 0.222. The van der Waals surface area contributed by atoms with Crippen LogP contribution < -0.4 is 0 Å². The Balaban J connectivity index is 2.14. The number of carboxylic acid groups (broad SMARTS) is 1. The molecule has 0 aliphatic rings. The van der Waals surface area contributed by atoms with Crippen LogP contribution in [0.3, 0.4) is 0 Å². The number of hydrogen-bond donors (Lipinski definition) is 1. The van der Waals surface area contributed by atoms with Crippen LogP contribution in [0.1, 0.15) is 24.8 Å². The number of benzene rings is 2. The maximum Gasteiger partial charge on any atom is 0.333 e. The molecule has 2 aromatic carbocycles. The van der Waals surface area contributed by atoms with Crippen LogP contribution in [0.25, 0.3) is 10.8 Å². The van der Waals surface area contributed by atoms with Crippen molar-refractivity contribution in [3.63, 3.8) is 0 Å². The van der Waals surface area contributed by atoms with Gasteiger partial charge >= 0.3 is 11.9 Å². The molecule has 0 spiro atoms. The highest BCUT2D eigenvalue weighted by Gasteiger charge is 2.20. The lowest BCUT2D eigenvalue weighted by atomic mass is 9.94. The van der Waals surface area contributed by atoms with E-state index in [0.29, 0.717) is 11.1 Å². The van der Waals surface area contributed by atoms with Gasteiger partial charge in [-0.2, -0.15) is 0 Å². The number of aliphatic carboxylic acids is 1. The highest BCUT2D eigenvalue weighted by atomic mass is 16.5. The summed E-state index contributed by atoms with van der Waals surface area (Å²) in [7, 11) is 0. The number of carbonyl (C=O) groups excluding carboxylic acids is 1. The molecule has 0 aliphatic carbocycles. The zero-order chi connectivity index (χ0) is 16.1. The summed E-state index contributed by atoms with van der Waals surface area (Å²) in [6, 6.07) is 13.4. The van der Waals surface area contributed by atoms with Crippen molar-refractivity contribution in [1.29, 1.82) is 0 Å². The topological polar surface area (TPSA) is 63.6 Å². The van der Waals surface area contributed by atoms with E-state index in [9.17, 15) is 14.7 Å². The van der Waals surface area contributed by atoms with Gasteiger partial charge in [0.1, 0.15) is 0 Å². The van der Waals surface area contributed by atoms with Gasteiger partial charge in [0.25, 0.3) is 0 Å². The van der Waals surface area contributed by atoms with Crippen LogP contribution in [0.2, 0.25) is 0 Å². The van der Waals surface area contributed by atoms with Crippen LogP contribution in [-0.4, -0.2) is 23.7 Å². The third kappa shape index (κ3) is 3.73. The molecule has 0 radical (unpaired) electrons. The first kappa shape index (κ1) is 15.8. The molecule has 0 saturated carbocycles. The summed E-state index contributed by atoms with van der Waals surface area (Å²) < 4.78 is 4.99. The molecule has 2 aromatic rings.